The third-order valence-electron chi connectivity index (χ3n) is 5.46. The highest BCUT2D eigenvalue weighted by molar-refractivity contribution is 7.81. The number of rotatable bonds is 9. The number of carbonyl (C=O) groups is 1. The molecule has 0 aliphatic carbocycles. The van der Waals surface area contributed by atoms with E-state index in [9.17, 15) is 44.1 Å². The summed E-state index contributed by atoms with van der Waals surface area (Å²) >= 11 is 3.89. The van der Waals surface area contributed by atoms with Crippen molar-refractivity contribution in [1.82, 2.24) is 10.2 Å². The second kappa shape index (κ2) is 11.5. The van der Waals surface area contributed by atoms with Crippen molar-refractivity contribution in [3.63, 3.8) is 0 Å². The number of carbonyl (C=O) groups excluding carboxylic acids is 1. The highest BCUT2D eigenvalue weighted by Crippen LogP contribution is 2.59. The maximum atomic E-state index is 12.2. The van der Waals surface area contributed by atoms with Crippen molar-refractivity contribution in [2.45, 2.75) is 61.6 Å². The Morgan fingerprint density at radius 3 is 2.58 bits per heavy atom. The maximum Gasteiger partial charge on any atom is 0.478 e. The molecule has 2 fully saturated rings. The molecule has 36 heavy (non-hydrogen) atoms. The van der Waals surface area contributed by atoms with Crippen molar-refractivity contribution < 1.29 is 67.0 Å². The molecule has 1 amide bonds. The summed E-state index contributed by atoms with van der Waals surface area (Å²) in [6.45, 7) is 3.66. The number of nitrogens with one attached hydrogen (secondary N) is 1. The van der Waals surface area contributed by atoms with Crippen LogP contribution >= 0.6 is 28.3 Å². The van der Waals surface area contributed by atoms with Gasteiger partial charge in [0, 0.05) is 18.2 Å². The molecule has 6 N–H and O–H groups in total. The van der Waals surface area contributed by atoms with Gasteiger partial charge in [0.05, 0.1) is 30.7 Å². The molecule has 0 aromatic rings. The number of aliphatic hydroxyl groups excluding tert-OH is 4. The van der Waals surface area contributed by atoms with Gasteiger partial charge < -0.3 is 49.9 Å². The molecular formula is C17H27N2O14P2S-. The van der Waals surface area contributed by atoms with Crippen LogP contribution < -0.4 is 10.2 Å². The lowest BCUT2D eigenvalue weighted by Crippen LogP contribution is -2.57. The first kappa shape index (κ1) is 29.7. The Labute approximate surface area is 210 Å². The number of nitrogens with zero attached hydrogens (tertiary/aromatic N) is 1. The molecular weight excluding hydrogens is 550 g/mol. The van der Waals surface area contributed by atoms with Crippen molar-refractivity contribution in [2.75, 3.05) is 13.2 Å². The SMILES string of the molecule is C=C1NC(=O)C(C)=CN1[C@H]1CC(O)[C@@H](COP(=O)(O)OP(=O)([O-])O[C@@H]2OC(CO)[C@H](O)[C@H](O)C2S)O1. The molecule has 0 aromatic carbocycles. The third-order valence-corrected chi connectivity index (χ3v) is 8.58. The molecule has 3 heterocycles. The monoisotopic (exact) mass is 577 g/mol. The molecule has 3 aliphatic rings. The first-order valence-electron chi connectivity index (χ1n) is 10.4. The van der Waals surface area contributed by atoms with Crippen LogP contribution in [0.25, 0.3) is 0 Å². The largest absolute Gasteiger partial charge is 0.756 e. The molecule has 0 spiro atoms. The van der Waals surface area contributed by atoms with E-state index in [1.54, 1.807) is 6.92 Å². The van der Waals surface area contributed by atoms with Gasteiger partial charge in [-0.2, -0.15) is 12.6 Å². The van der Waals surface area contributed by atoms with Crippen LogP contribution in [0.15, 0.2) is 24.2 Å². The number of hydrogen-bond donors (Lipinski definition) is 7. The first-order chi connectivity index (χ1) is 16.6. The fraction of sp³-hybridized carbons (Fsp3) is 0.706. The van der Waals surface area contributed by atoms with Crippen LogP contribution in [-0.2, 0) is 36.8 Å². The van der Waals surface area contributed by atoms with Crippen molar-refractivity contribution in [1.29, 1.82) is 0 Å². The summed E-state index contributed by atoms with van der Waals surface area (Å²) in [6, 6.07) is 0. The van der Waals surface area contributed by atoms with Crippen LogP contribution in [0.5, 0.6) is 0 Å². The Morgan fingerprint density at radius 1 is 1.28 bits per heavy atom. The number of ether oxygens (including phenoxy) is 2. The van der Waals surface area contributed by atoms with E-state index in [0.29, 0.717) is 5.57 Å². The lowest BCUT2D eigenvalue weighted by atomic mass is 10.0. The molecule has 0 bridgehead atoms. The molecule has 5 unspecified atom stereocenters. The molecule has 19 heteroatoms. The minimum atomic E-state index is -5.64. The van der Waals surface area contributed by atoms with Crippen LogP contribution in [0, 0.1) is 0 Å². The normalized spacial score (nSPS) is 38.8. The Balaban J connectivity index is 1.56. The lowest BCUT2D eigenvalue weighted by molar-refractivity contribution is -0.268. The van der Waals surface area contributed by atoms with E-state index >= 15 is 0 Å². The van der Waals surface area contributed by atoms with Crippen molar-refractivity contribution >= 4 is 34.2 Å². The number of phosphoric ester groups is 2. The molecule has 16 nitrogen and oxygen atoms in total. The molecule has 206 valence electrons. The summed E-state index contributed by atoms with van der Waals surface area (Å²) < 4.78 is 48.3. The van der Waals surface area contributed by atoms with Gasteiger partial charge in [-0.05, 0) is 6.92 Å². The van der Waals surface area contributed by atoms with Gasteiger partial charge in [0.2, 0.25) is 0 Å². The Kier molecular flexibility index (Phi) is 9.46. The van der Waals surface area contributed by atoms with E-state index in [0.717, 1.165) is 0 Å². The second-order valence-electron chi connectivity index (χ2n) is 8.15. The Bertz CT molecular complexity index is 981. The van der Waals surface area contributed by atoms with E-state index < -0.39 is 77.1 Å². The average Bonchev–Trinajstić information content (AvgIpc) is 3.14. The average molecular weight is 577 g/mol. The van der Waals surface area contributed by atoms with Crippen molar-refractivity contribution in [3.8, 4) is 0 Å². The predicted octanol–water partition coefficient (Wildman–Crippen LogP) is -2.37. The van der Waals surface area contributed by atoms with E-state index in [2.05, 4.69) is 37.9 Å². The summed E-state index contributed by atoms with van der Waals surface area (Å²) in [7, 11) is -11.0. The van der Waals surface area contributed by atoms with Gasteiger partial charge in [0.15, 0.2) is 6.29 Å². The highest BCUT2D eigenvalue weighted by Gasteiger charge is 2.46. The third kappa shape index (κ3) is 6.95. The van der Waals surface area contributed by atoms with Gasteiger partial charge in [-0.3, -0.25) is 18.4 Å². The predicted molar refractivity (Wildman–Crippen MR) is 118 cm³/mol. The molecule has 3 rings (SSSR count). The van der Waals surface area contributed by atoms with Crippen molar-refractivity contribution in [2.24, 2.45) is 0 Å². The summed E-state index contributed by atoms with van der Waals surface area (Å²) in [5.74, 6) is -0.184. The van der Waals surface area contributed by atoms with Gasteiger partial charge in [0.25, 0.3) is 13.7 Å². The Hall–Kier alpha value is -0.880. The highest BCUT2D eigenvalue weighted by atomic mass is 32.1. The smallest absolute Gasteiger partial charge is 0.478 e. The summed E-state index contributed by atoms with van der Waals surface area (Å²) in [6.07, 6.45) is -8.34. The van der Waals surface area contributed by atoms with E-state index in [1.807, 2.05) is 0 Å². The van der Waals surface area contributed by atoms with Gasteiger partial charge >= 0.3 is 7.82 Å². The number of thiol groups is 1. The molecule has 3 aliphatic heterocycles. The topological polar surface area (TPSA) is 237 Å². The number of aliphatic hydroxyl groups is 4. The molecule has 0 saturated carbocycles. The van der Waals surface area contributed by atoms with Gasteiger partial charge in [0.1, 0.15) is 30.4 Å². The van der Waals surface area contributed by atoms with E-state index in [4.69, 9.17) is 9.47 Å². The zero-order valence-electron chi connectivity index (χ0n) is 18.7. The molecule has 10 atom stereocenters. The van der Waals surface area contributed by atoms with Crippen LogP contribution in [0.2, 0.25) is 0 Å². The van der Waals surface area contributed by atoms with Gasteiger partial charge in [-0.1, -0.05) is 6.58 Å². The number of amides is 1. The summed E-state index contributed by atoms with van der Waals surface area (Å²) in [4.78, 5) is 35.1. The van der Waals surface area contributed by atoms with Gasteiger partial charge in [-0.25, -0.2) is 8.88 Å². The second-order valence-corrected chi connectivity index (χ2v) is 11.7. The van der Waals surface area contributed by atoms with Gasteiger partial charge in [-0.15, -0.1) is 0 Å². The lowest BCUT2D eigenvalue weighted by Gasteiger charge is -2.41. The van der Waals surface area contributed by atoms with Crippen molar-refractivity contribution in [3.05, 3.63) is 24.2 Å². The number of phosphoric acid groups is 2. The molecule has 0 radical (unpaired) electrons. The van der Waals surface area contributed by atoms with Crippen LogP contribution in [0.3, 0.4) is 0 Å². The van der Waals surface area contributed by atoms with E-state index in [1.165, 1.54) is 11.1 Å². The van der Waals surface area contributed by atoms with Crippen LogP contribution in [-0.4, -0.2) is 97.6 Å². The van der Waals surface area contributed by atoms with Crippen LogP contribution in [0.1, 0.15) is 13.3 Å². The van der Waals surface area contributed by atoms with Crippen LogP contribution in [0.4, 0.5) is 0 Å². The molecule has 0 aromatic heterocycles. The Morgan fingerprint density at radius 2 is 1.94 bits per heavy atom. The standard InChI is InChI=1S/C17H28N2O14P2S/c1-7-4-19(8(2)18-16(7)24)12-3-9(21)11(30-12)6-29-34(25,26)33-35(27,28)32-17-15(36)14(23)13(22)10(5-20)31-17/h4,9-15,17,20-23,36H,2-3,5-6H2,1H3,(H,18,24)(H,25,26)(H,27,28)/p-1/t9?,10?,11-,12-,13+,14+,15?,17+/m1/s1. The van der Waals surface area contributed by atoms with E-state index in [-0.39, 0.29) is 18.1 Å². The summed E-state index contributed by atoms with van der Waals surface area (Å²) in [5, 5.41) is 40.2. The fourth-order valence-electron chi connectivity index (χ4n) is 3.55. The minimum absolute atomic E-state index is 0.00496. The molecule has 2 saturated heterocycles. The zero-order valence-corrected chi connectivity index (χ0v) is 21.4. The minimum Gasteiger partial charge on any atom is -0.756 e. The fourth-order valence-corrected chi connectivity index (χ4v) is 6.08. The zero-order chi connectivity index (χ0) is 27.0. The number of hydrogen-bond acceptors (Lipinski definition) is 15. The quantitative estimate of drug-likeness (QED) is 0.112. The maximum absolute atomic E-state index is 12.2. The first-order valence-corrected chi connectivity index (χ1v) is 13.9. The summed E-state index contributed by atoms with van der Waals surface area (Å²) in [5.41, 5.74) is 0.345.